The van der Waals surface area contributed by atoms with E-state index in [1.807, 2.05) is 0 Å². The van der Waals surface area contributed by atoms with Crippen LogP contribution in [0.1, 0.15) is 26.2 Å². The third-order valence-electron chi connectivity index (χ3n) is 2.38. The third-order valence-corrected chi connectivity index (χ3v) is 2.38. The molecule has 3 atom stereocenters. The molecule has 1 fully saturated rings. The molecule has 16 heavy (non-hydrogen) atoms. The first-order chi connectivity index (χ1) is 6.84. The Labute approximate surface area is 109 Å². The van der Waals surface area contributed by atoms with Crippen LogP contribution < -0.4 is 21.7 Å². The Morgan fingerprint density at radius 2 is 1.50 bits per heavy atom. The van der Waals surface area contributed by atoms with E-state index in [1.54, 1.807) is 0 Å². The molecule has 0 unspecified atom stereocenters. The van der Waals surface area contributed by atoms with Gasteiger partial charge in [0.2, 0.25) is 0 Å². The van der Waals surface area contributed by atoms with Crippen LogP contribution in [-0.4, -0.2) is 24.0 Å². The minimum absolute atomic E-state index is 0. The van der Waals surface area contributed by atoms with E-state index >= 15 is 0 Å². The summed E-state index contributed by atoms with van der Waals surface area (Å²) in [7, 11) is 0. The van der Waals surface area contributed by atoms with E-state index in [4.69, 9.17) is 31.3 Å². The van der Waals surface area contributed by atoms with E-state index in [1.165, 1.54) is 6.42 Å². The van der Waals surface area contributed by atoms with Crippen LogP contribution in [0.25, 0.3) is 0 Å². The molecule has 0 aliphatic heterocycles. The van der Waals surface area contributed by atoms with Crippen LogP contribution in [0.2, 0.25) is 0 Å². The van der Waals surface area contributed by atoms with E-state index in [9.17, 15) is 0 Å². The normalized spacial score (nSPS) is 28.1. The molecule has 0 aromatic heterocycles. The molecule has 4 N–H and O–H groups in total. The molecule has 6 nitrogen and oxygen atoms in total. The van der Waals surface area contributed by atoms with Crippen LogP contribution in [0, 0.1) is 5.92 Å². The SMILES string of the molecule is C[C@H]1CC[C@@H](N)[C@H](N)C1.O=C([O-])C(=O)[O-].[Pt+2]. The zero-order valence-corrected chi connectivity index (χ0v) is 11.2. The third kappa shape index (κ3) is 7.79. The maximum absolute atomic E-state index is 8.93. The van der Waals surface area contributed by atoms with E-state index in [0.29, 0.717) is 0 Å². The molecule has 0 bridgehead atoms. The molecule has 1 aliphatic rings. The minimum atomic E-state index is -2.19. The second-order valence-electron chi connectivity index (χ2n) is 3.82. The molecule has 0 aromatic rings. The molecule has 7 heteroatoms. The Balaban J connectivity index is 0. The van der Waals surface area contributed by atoms with Gasteiger partial charge in [-0.15, -0.1) is 0 Å². The molecule has 0 spiro atoms. The van der Waals surface area contributed by atoms with Crippen molar-refractivity contribution in [1.29, 1.82) is 0 Å². The van der Waals surface area contributed by atoms with Gasteiger partial charge in [-0.3, -0.25) is 0 Å². The predicted octanol–water partition coefficient (Wildman–Crippen LogP) is -3.06. The Morgan fingerprint density at radius 1 is 1.06 bits per heavy atom. The van der Waals surface area contributed by atoms with Gasteiger partial charge >= 0.3 is 21.1 Å². The number of rotatable bonds is 0. The summed E-state index contributed by atoms with van der Waals surface area (Å²) in [5.74, 6) is -3.58. The average molecular weight is 411 g/mol. The monoisotopic (exact) mass is 411 g/mol. The van der Waals surface area contributed by atoms with Crippen molar-refractivity contribution in [3.05, 3.63) is 0 Å². The molecule has 0 radical (unpaired) electrons. The molecule has 0 heterocycles. The molecule has 0 amide bonds. The summed E-state index contributed by atoms with van der Waals surface area (Å²) in [6.45, 7) is 2.24. The van der Waals surface area contributed by atoms with Crippen molar-refractivity contribution in [3.8, 4) is 0 Å². The Bertz CT molecular complexity index is 226. The van der Waals surface area contributed by atoms with Crippen LogP contribution in [0.15, 0.2) is 0 Å². The fourth-order valence-electron chi connectivity index (χ4n) is 1.45. The summed E-state index contributed by atoms with van der Waals surface area (Å²) in [4.78, 5) is 17.9. The zero-order chi connectivity index (χ0) is 12.0. The van der Waals surface area contributed by atoms with Gasteiger partial charge in [0.05, 0.1) is 11.9 Å². The number of hydrogen-bond acceptors (Lipinski definition) is 6. The molecule has 1 rings (SSSR count). The fraction of sp³-hybridized carbons (Fsp3) is 0.778. The van der Waals surface area contributed by atoms with E-state index in [2.05, 4.69) is 6.92 Å². The maximum Gasteiger partial charge on any atom is 2.00 e. The first kappa shape index (κ1) is 17.9. The van der Waals surface area contributed by atoms with Gasteiger partial charge in [-0.2, -0.15) is 0 Å². The van der Waals surface area contributed by atoms with Gasteiger partial charge in [0.1, 0.15) is 0 Å². The van der Waals surface area contributed by atoms with Gasteiger partial charge in [0, 0.05) is 12.1 Å². The van der Waals surface area contributed by atoms with Crippen molar-refractivity contribution in [2.45, 2.75) is 38.3 Å². The summed E-state index contributed by atoms with van der Waals surface area (Å²) in [5.41, 5.74) is 11.5. The summed E-state index contributed by atoms with van der Waals surface area (Å²) in [5, 5.41) is 17.9. The zero-order valence-electron chi connectivity index (χ0n) is 8.96. The van der Waals surface area contributed by atoms with Crippen LogP contribution in [0.5, 0.6) is 0 Å². The summed E-state index contributed by atoms with van der Waals surface area (Å²) in [6.07, 6.45) is 3.48. The van der Waals surface area contributed by atoms with Crippen molar-refractivity contribution < 1.29 is 40.9 Å². The number of hydrogen-bond donors (Lipinski definition) is 2. The Morgan fingerprint density at radius 3 is 1.75 bits per heavy atom. The second kappa shape index (κ2) is 8.67. The molecular formula is C9H16N2O4Pt. The smallest absolute Gasteiger partial charge is 0.543 e. The Kier molecular flexibility index (Phi) is 9.72. The molecule has 0 aromatic carbocycles. The summed E-state index contributed by atoms with van der Waals surface area (Å²) in [6, 6.07) is 0.523. The molecule has 0 saturated heterocycles. The van der Waals surface area contributed by atoms with Crippen molar-refractivity contribution in [3.63, 3.8) is 0 Å². The fourth-order valence-corrected chi connectivity index (χ4v) is 1.45. The first-order valence-corrected chi connectivity index (χ1v) is 4.78. The van der Waals surface area contributed by atoms with Crippen molar-refractivity contribution in [2.24, 2.45) is 17.4 Å². The largest absolute Gasteiger partial charge is 2.00 e. The van der Waals surface area contributed by atoms with Gasteiger partial charge < -0.3 is 31.3 Å². The van der Waals surface area contributed by atoms with Crippen LogP contribution in [0.3, 0.4) is 0 Å². The van der Waals surface area contributed by atoms with Gasteiger partial charge in [0.15, 0.2) is 0 Å². The second-order valence-corrected chi connectivity index (χ2v) is 3.82. The number of carbonyl (C=O) groups is 2. The predicted molar refractivity (Wildman–Crippen MR) is 49.0 cm³/mol. The van der Waals surface area contributed by atoms with E-state index in [0.717, 1.165) is 18.8 Å². The average Bonchev–Trinajstić information content (AvgIpc) is 2.13. The quantitative estimate of drug-likeness (QED) is 0.407. The Hall–Kier alpha value is -0.452. The first-order valence-electron chi connectivity index (χ1n) is 4.78. The number of aliphatic carboxylic acids is 2. The number of nitrogens with two attached hydrogens (primary N) is 2. The molecule has 1 saturated carbocycles. The minimum Gasteiger partial charge on any atom is -0.543 e. The summed E-state index contributed by atoms with van der Waals surface area (Å²) < 4.78 is 0. The van der Waals surface area contributed by atoms with Crippen molar-refractivity contribution in [2.75, 3.05) is 0 Å². The summed E-state index contributed by atoms with van der Waals surface area (Å²) >= 11 is 0. The van der Waals surface area contributed by atoms with Gasteiger partial charge in [0.25, 0.3) is 0 Å². The van der Waals surface area contributed by atoms with Crippen molar-refractivity contribution >= 4 is 11.9 Å². The van der Waals surface area contributed by atoms with Crippen LogP contribution in [-0.2, 0) is 30.7 Å². The molecule has 1 aliphatic carbocycles. The number of carboxylic acids is 2. The molecular weight excluding hydrogens is 395 g/mol. The van der Waals surface area contributed by atoms with Gasteiger partial charge in [-0.05, 0) is 25.2 Å². The van der Waals surface area contributed by atoms with Gasteiger partial charge in [-0.25, -0.2) is 0 Å². The van der Waals surface area contributed by atoms with Crippen molar-refractivity contribution in [1.82, 2.24) is 0 Å². The maximum atomic E-state index is 8.93. The number of carboxylic acid groups (broad SMARTS) is 2. The van der Waals surface area contributed by atoms with E-state index in [-0.39, 0.29) is 33.1 Å². The number of carbonyl (C=O) groups excluding carboxylic acids is 2. The topological polar surface area (TPSA) is 132 Å². The molecule has 96 valence electrons. The van der Waals surface area contributed by atoms with Crippen LogP contribution in [0.4, 0.5) is 0 Å². The standard InChI is InChI=1S/C7H16N2.C2H2O4.Pt/c1-5-2-3-6(8)7(9)4-5;3-1(4)2(5)6;/h5-7H,2-4,8-9H2,1H3;(H,3,4)(H,5,6);/q;;+2/p-2/t5-,6+,7+;;/m0../s1. The van der Waals surface area contributed by atoms with Crippen LogP contribution >= 0.6 is 0 Å². The van der Waals surface area contributed by atoms with Gasteiger partial charge in [-0.1, -0.05) is 6.92 Å². The van der Waals surface area contributed by atoms with E-state index < -0.39 is 11.9 Å².